The maximum atomic E-state index is 13.8. The molecule has 1 atom stereocenters. The summed E-state index contributed by atoms with van der Waals surface area (Å²) in [6.07, 6.45) is -1.23. The molecule has 2 aromatic carbocycles. The average Bonchev–Trinajstić information content (AvgIpc) is 2.36. The second-order valence-electron chi connectivity index (χ2n) is 4.17. The van der Waals surface area contributed by atoms with E-state index in [1.165, 1.54) is 0 Å². The van der Waals surface area contributed by atoms with Crippen molar-refractivity contribution in [1.29, 1.82) is 0 Å². The maximum absolute atomic E-state index is 13.8. The molecule has 0 aliphatic carbocycles. The zero-order valence-corrected chi connectivity index (χ0v) is 13.1. The summed E-state index contributed by atoms with van der Waals surface area (Å²) in [7, 11) is 0. The quantitative estimate of drug-likeness (QED) is 0.723. The van der Waals surface area contributed by atoms with Gasteiger partial charge in [-0.25, -0.2) is 8.78 Å². The summed E-state index contributed by atoms with van der Waals surface area (Å²) >= 11 is 6.26. The zero-order chi connectivity index (χ0) is 14.2. The molecule has 0 bridgehead atoms. The van der Waals surface area contributed by atoms with E-state index in [0.29, 0.717) is 10.0 Å². The molecule has 0 radical (unpaired) electrons. The highest BCUT2D eigenvalue weighted by molar-refractivity contribution is 9.10. The van der Waals surface area contributed by atoms with E-state index >= 15 is 0 Å². The van der Waals surface area contributed by atoms with E-state index < -0.39 is 17.7 Å². The molecule has 1 unspecified atom stereocenters. The molecule has 0 aromatic heterocycles. The van der Waals surface area contributed by atoms with Gasteiger partial charge in [-0.15, -0.1) is 0 Å². The number of aryl methyl sites for hydroxylation is 1. The Labute approximate surface area is 126 Å². The molecular formula is C14H10Br2F2O. The molecule has 0 fully saturated rings. The molecule has 0 spiro atoms. The van der Waals surface area contributed by atoms with Gasteiger partial charge in [0.05, 0.1) is 4.47 Å². The van der Waals surface area contributed by atoms with E-state index in [2.05, 4.69) is 31.9 Å². The minimum Gasteiger partial charge on any atom is -0.384 e. The lowest BCUT2D eigenvalue weighted by Gasteiger charge is -2.16. The van der Waals surface area contributed by atoms with Gasteiger partial charge in [-0.1, -0.05) is 34.1 Å². The minimum atomic E-state index is -1.23. The standard InChI is InChI=1S/C14H10Br2F2O/c1-7-3-2-4-8(13(7)16)14(19)9-5-12(18)10(15)6-11(9)17/h2-6,14,19H,1H3. The number of aliphatic hydroxyl groups is 1. The molecule has 5 heteroatoms. The lowest BCUT2D eigenvalue weighted by atomic mass is 9.99. The van der Waals surface area contributed by atoms with Crippen LogP contribution in [-0.4, -0.2) is 5.11 Å². The van der Waals surface area contributed by atoms with Crippen LogP contribution < -0.4 is 0 Å². The van der Waals surface area contributed by atoms with Crippen LogP contribution in [0.2, 0.25) is 0 Å². The molecule has 0 saturated carbocycles. The Bertz CT molecular complexity index is 629. The second-order valence-corrected chi connectivity index (χ2v) is 5.82. The Morgan fingerprint density at radius 1 is 1.05 bits per heavy atom. The number of benzene rings is 2. The van der Waals surface area contributed by atoms with Crippen LogP contribution in [0.1, 0.15) is 22.8 Å². The van der Waals surface area contributed by atoms with Gasteiger partial charge in [-0.3, -0.25) is 0 Å². The molecule has 2 rings (SSSR count). The van der Waals surface area contributed by atoms with E-state index in [9.17, 15) is 13.9 Å². The van der Waals surface area contributed by atoms with Gasteiger partial charge in [0.1, 0.15) is 17.7 Å². The van der Waals surface area contributed by atoms with Crippen LogP contribution in [0.3, 0.4) is 0 Å². The summed E-state index contributed by atoms with van der Waals surface area (Å²) < 4.78 is 28.0. The maximum Gasteiger partial charge on any atom is 0.137 e. The van der Waals surface area contributed by atoms with Crippen molar-refractivity contribution in [3.8, 4) is 0 Å². The molecule has 0 saturated heterocycles. The highest BCUT2D eigenvalue weighted by Crippen LogP contribution is 2.33. The van der Waals surface area contributed by atoms with Crippen molar-refractivity contribution in [3.05, 3.63) is 67.6 Å². The van der Waals surface area contributed by atoms with E-state index in [-0.39, 0.29) is 10.0 Å². The molecule has 0 aliphatic rings. The Balaban J connectivity index is 2.53. The van der Waals surface area contributed by atoms with Gasteiger partial charge in [-0.05, 0) is 46.1 Å². The molecule has 0 heterocycles. The third kappa shape index (κ3) is 2.88. The van der Waals surface area contributed by atoms with Crippen molar-refractivity contribution in [2.45, 2.75) is 13.0 Å². The summed E-state index contributed by atoms with van der Waals surface area (Å²) in [5.74, 6) is -1.27. The first-order valence-electron chi connectivity index (χ1n) is 5.49. The van der Waals surface area contributed by atoms with E-state index in [1.54, 1.807) is 12.1 Å². The van der Waals surface area contributed by atoms with E-state index in [0.717, 1.165) is 17.7 Å². The van der Waals surface area contributed by atoms with Gasteiger partial charge in [0, 0.05) is 10.0 Å². The fourth-order valence-corrected chi connectivity index (χ4v) is 2.59. The third-order valence-corrected chi connectivity index (χ3v) is 4.54. The molecule has 1 nitrogen and oxygen atoms in total. The largest absolute Gasteiger partial charge is 0.384 e. The molecule has 0 aliphatic heterocycles. The van der Waals surface area contributed by atoms with Crippen molar-refractivity contribution in [2.24, 2.45) is 0 Å². The fraction of sp³-hybridized carbons (Fsp3) is 0.143. The monoisotopic (exact) mass is 390 g/mol. The predicted octanol–water partition coefficient (Wildman–Crippen LogP) is 4.88. The number of rotatable bonds is 2. The Morgan fingerprint density at radius 2 is 1.74 bits per heavy atom. The summed E-state index contributed by atoms with van der Waals surface area (Å²) in [5, 5.41) is 10.2. The lowest BCUT2D eigenvalue weighted by molar-refractivity contribution is 0.213. The fourth-order valence-electron chi connectivity index (χ4n) is 1.80. The average molecular weight is 392 g/mol. The van der Waals surface area contributed by atoms with Gasteiger partial charge >= 0.3 is 0 Å². The molecule has 100 valence electrons. The van der Waals surface area contributed by atoms with Crippen molar-refractivity contribution in [1.82, 2.24) is 0 Å². The SMILES string of the molecule is Cc1cccc(C(O)c2cc(F)c(Br)cc2F)c1Br. The number of hydrogen-bond acceptors (Lipinski definition) is 1. The van der Waals surface area contributed by atoms with Crippen molar-refractivity contribution < 1.29 is 13.9 Å². The molecule has 1 N–H and O–H groups in total. The van der Waals surface area contributed by atoms with Crippen LogP contribution in [0.15, 0.2) is 39.3 Å². The van der Waals surface area contributed by atoms with Crippen LogP contribution in [0, 0.1) is 18.6 Å². The van der Waals surface area contributed by atoms with Crippen LogP contribution in [0.4, 0.5) is 8.78 Å². The summed E-state index contributed by atoms with van der Waals surface area (Å²) in [6, 6.07) is 7.29. The molecule has 0 amide bonds. The second kappa shape index (κ2) is 5.69. The first-order chi connectivity index (χ1) is 8.91. The van der Waals surface area contributed by atoms with Gasteiger partial charge in [-0.2, -0.15) is 0 Å². The Kier molecular flexibility index (Phi) is 4.38. The van der Waals surface area contributed by atoms with Gasteiger partial charge in [0.2, 0.25) is 0 Å². The Hall–Kier alpha value is -0.780. The molecule has 19 heavy (non-hydrogen) atoms. The van der Waals surface area contributed by atoms with Crippen LogP contribution >= 0.6 is 31.9 Å². The highest BCUT2D eigenvalue weighted by Gasteiger charge is 2.20. The number of aliphatic hydroxyl groups excluding tert-OH is 1. The van der Waals surface area contributed by atoms with E-state index in [1.807, 2.05) is 13.0 Å². The highest BCUT2D eigenvalue weighted by atomic mass is 79.9. The van der Waals surface area contributed by atoms with Gasteiger partial charge in [0.15, 0.2) is 0 Å². The smallest absolute Gasteiger partial charge is 0.137 e. The van der Waals surface area contributed by atoms with Crippen LogP contribution in [0.25, 0.3) is 0 Å². The van der Waals surface area contributed by atoms with Gasteiger partial charge < -0.3 is 5.11 Å². The van der Waals surface area contributed by atoms with E-state index in [4.69, 9.17) is 0 Å². The van der Waals surface area contributed by atoms with Crippen LogP contribution in [-0.2, 0) is 0 Å². The number of hydrogen-bond donors (Lipinski definition) is 1. The predicted molar refractivity (Wildman–Crippen MR) is 77.0 cm³/mol. The summed E-state index contributed by atoms with van der Waals surface area (Å²) in [4.78, 5) is 0. The normalized spacial score (nSPS) is 12.5. The van der Waals surface area contributed by atoms with Crippen molar-refractivity contribution >= 4 is 31.9 Å². The summed E-state index contributed by atoms with van der Waals surface area (Å²) in [6.45, 7) is 1.86. The number of halogens is 4. The molecule has 2 aromatic rings. The lowest BCUT2D eigenvalue weighted by Crippen LogP contribution is -2.05. The van der Waals surface area contributed by atoms with Crippen molar-refractivity contribution in [3.63, 3.8) is 0 Å². The minimum absolute atomic E-state index is 0.0317. The topological polar surface area (TPSA) is 20.2 Å². The first kappa shape index (κ1) is 14.6. The van der Waals surface area contributed by atoms with Crippen molar-refractivity contribution in [2.75, 3.05) is 0 Å². The van der Waals surface area contributed by atoms with Crippen LogP contribution in [0.5, 0.6) is 0 Å². The third-order valence-electron chi connectivity index (χ3n) is 2.85. The van der Waals surface area contributed by atoms with Gasteiger partial charge in [0.25, 0.3) is 0 Å². The molecular weight excluding hydrogens is 382 g/mol. The zero-order valence-electron chi connectivity index (χ0n) is 9.92. The summed E-state index contributed by atoms with van der Waals surface area (Å²) in [5.41, 5.74) is 1.32. The first-order valence-corrected chi connectivity index (χ1v) is 7.08. The Morgan fingerprint density at radius 3 is 2.42 bits per heavy atom.